The first-order valence-corrected chi connectivity index (χ1v) is 15.9. The van der Waals surface area contributed by atoms with E-state index in [9.17, 15) is 24.0 Å². The van der Waals surface area contributed by atoms with Gasteiger partial charge in [0.25, 0.3) is 0 Å². The van der Waals surface area contributed by atoms with Gasteiger partial charge in [-0.25, -0.2) is 9.59 Å². The molecule has 1 aromatic heterocycles. The molecule has 240 valence electrons. The van der Waals surface area contributed by atoms with Crippen LogP contribution in [0.4, 0.5) is 4.79 Å². The lowest BCUT2D eigenvalue weighted by Crippen LogP contribution is -2.50. The van der Waals surface area contributed by atoms with Crippen LogP contribution >= 0.6 is 0 Å². The molecular weight excluding hydrogens is 564 g/mol. The molecule has 44 heavy (non-hydrogen) atoms. The minimum atomic E-state index is -0.716. The fourth-order valence-corrected chi connectivity index (χ4v) is 6.71. The van der Waals surface area contributed by atoms with Crippen molar-refractivity contribution in [1.82, 2.24) is 29.6 Å². The molecule has 5 rings (SSSR count). The number of benzene rings is 1. The highest BCUT2D eigenvalue weighted by Gasteiger charge is 2.32. The molecule has 0 spiro atoms. The number of piperazine rings is 1. The molecule has 0 bridgehead atoms. The number of nitrogens with one attached hydrogen (secondary N) is 2. The first kappa shape index (κ1) is 31.7. The zero-order valence-electron chi connectivity index (χ0n) is 26.4. The molecule has 0 radical (unpaired) electrons. The Labute approximate surface area is 258 Å². The smallest absolute Gasteiger partial charge is 0.407 e. The molecule has 3 heterocycles. The van der Waals surface area contributed by atoms with Crippen molar-refractivity contribution < 1.29 is 23.9 Å². The molecule has 1 aromatic carbocycles. The van der Waals surface area contributed by atoms with E-state index in [1.807, 2.05) is 43.9 Å². The van der Waals surface area contributed by atoms with Crippen LogP contribution in [-0.4, -0.2) is 87.1 Å². The maximum Gasteiger partial charge on any atom is 0.407 e. The van der Waals surface area contributed by atoms with E-state index in [1.54, 1.807) is 7.05 Å². The molecule has 12 nitrogen and oxygen atoms in total. The first-order valence-electron chi connectivity index (χ1n) is 15.9. The van der Waals surface area contributed by atoms with Crippen LogP contribution in [0.1, 0.15) is 77.3 Å². The number of imide groups is 1. The third kappa shape index (κ3) is 7.51. The summed E-state index contributed by atoms with van der Waals surface area (Å²) in [5, 5.41) is 5.34. The Morgan fingerprint density at radius 1 is 0.977 bits per heavy atom. The van der Waals surface area contributed by atoms with E-state index in [4.69, 9.17) is 4.74 Å². The molecule has 1 saturated carbocycles. The quantitative estimate of drug-likeness (QED) is 0.460. The number of carbonyl (C=O) groups excluding carboxylic acids is 4. The zero-order chi connectivity index (χ0) is 31.6. The molecule has 4 amide bonds. The van der Waals surface area contributed by atoms with Crippen LogP contribution in [0, 0.1) is 5.92 Å². The molecule has 3 fully saturated rings. The van der Waals surface area contributed by atoms with Gasteiger partial charge in [0.1, 0.15) is 11.6 Å². The lowest BCUT2D eigenvalue weighted by Gasteiger charge is -2.38. The van der Waals surface area contributed by atoms with Crippen LogP contribution in [-0.2, 0) is 32.6 Å². The Morgan fingerprint density at radius 2 is 1.68 bits per heavy atom. The maximum atomic E-state index is 13.1. The lowest BCUT2D eigenvalue weighted by molar-refractivity contribution is -0.136. The van der Waals surface area contributed by atoms with Gasteiger partial charge in [-0.2, -0.15) is 0 Å². The molecular formula is C32H46N6O6. The van der Waals surface area contributed by atoms with E-state index in [0.29, 0.717) is 36.2 Å². The van der Waals surface area contributed by atoms with Crippen molar-refractivity contribution in [2.24, 2.45) is 13.0 Å². The van der Waals surface area contributed by atoms with E-state index in [-0.39, 0.29) is 36.1 Å². The van der Waals surface area contributed by atoms with E-state index >= 15 is 0 Å². The number of rotatable bonds is 7. The van der Waals surface area contributed by atoms with E-state index < -0.39 is 17.6 Å². The Morgan fingerprint density at radius 3 is 2.34 bits per heavy atom. The second-order valence-electron chi connectivity index (χ2n) is 13.5. The number of amides is 4. The second kappa shape index (κ2) is 13.1. The number of aromatic nitrogens is 2. The average Bonchev–Trinajstić information content (AvgIpc) is 3.21. The number of piperidine rings is 1. The van der Waals surface area contributed by atoms with Gasteiger partial charge in [0.15, 0.2) is 0 Å². The SMILES string of the molecule is Cn1c(=O)n(C2CCC(=O)NC2=O)c2ccc(CCC(=O)N3CCN(CC4CCC(NC(=O)OC(C)(C)C)CC4)CC3)cc21. The van der Waals surface area contributed by atoms with Crippen LogP contribution in [0.3, 0.4) is 0 Å². The Balaban J connectivity index is 1.07. The number of hydrogen-bond donors (Lipinski definition) is 2. The van der Waals surface area contributed by atoms with Crippen molar-refractivity contribution in [2.45, 2.75) is 89.8 Å². The van der Waals surface area contributed by atoms with Crippen LogP contribution in [0.2, 0.25) is 0 Å². The van der Waals surface area contributed by atoms with Crippen molar-refractivity contribution in [3.63, 3.8) is 0 Å². The minimum absolute atomic E-state index is 0.133. The number of carbonyl (C=O) groups is 4. The predicted molar refractivity (Wildman–Crippen MR) is 165 cm³/mol. The molecule has 2 saturated heterocycles. The van der Waals surface area contributed by atoms with Crippen molar-refractivity contribution in [1.29, 1.82) is 0 Å². The summed E-state index contributed by atoms with van der Waals surface area (Å²) < 4.78 is 8.38. The minimum Gasteiger partial charge on any atom is -0.444 e. The largest absolute Gasteiger partial charge is 0.444 e. The summed E-state index contributed by atoms with van der Waals surface area (Å²) in [5.41, 5.74) is 1.51. The van der Waals surface area contributed by atoms with E-state index in [0.717, 1.165) is 64.0 Å². The first-order chi connectivity index (χ1) is 20.9. The molecule has 2 aromatic rings. The Hall–Kier alpha value is -3.67. The fraction of sp³-hybridized carbons (Fsp3) is 0.656. The van der Waals surface area contributed by atoms with Gasteiger partial charge in [-0.05, 0) is 82.9 Å². The third-order valence-corrected chi connectivity index (χ3v) is 9.11. The second-order valence-corrected chi connectivity index (χ2v) is 13.5. The lowest BCUT2D eigenvalue weighted by atomic mass is 9.85. The van der Waals surface area contributed by atoms with Crippen LogP contribution < -0.4 is 16.3 Å². The molecule has 1 aliphatic carbocycles. The van der Waals surface area contributed by atoms with Gasteiger partial charge >= 0.3 is 11.8 Å². The van der Waals surface area contributed by atoms with Gasteiger partial charge in [0, 0.05) is 58.7 Å². The summed E-state index contributed by atoms with van der Waals surface area (Å²) >= 11 is 0. The fourth-order valence-electron chi connectivity index (χ4n) is 6.71. The van der Waals surface area contributed by atoms with Gasteiger partial charge in [-0.15, -0.1) is 0 Å². The number of imidazole rings is 1. The van der Waals surface area contributed by atoms with Crippen molar-refractivity contribution >= 4 is 34.8 Å². The topological polar surface area (TPSA) is 135 Å². The molecule has 2 aliphatic heterocycles. The highest BCUT2D eigenvalue weighted by Crippen LogP contribution is 2.27. The third-order valence-electron chi connectivity index (χ3n) is 9.11. The standard InChI is InChI=1S/C32H46N6O6/c1-32(2,3)44-30(42)33-23-9-5-22(6-10-23)20-36-15-17-37(18-16-36)28(40)14-8-21-7-11-24-26(19-21)35(4)31(43)38(24)25-12-13-27(39)34-29(25)41/h7,11,19,22-23,25H,5-6,8-10,12-18,20H2,1-4H3,(H,33,42)(H,34,39,41). The molecule has 3 aliphatic rings. The molecule has 12 heteroatoms. The zero-order valence-corrected chi connectivity index (χ0v) is 26.4. The summed E-state index contributed by atoms with van der Waals surface area (Å²) in [4.78, 5) is 66.6. The average molecular weight is 611 g/mol. The number of fused-ring (bicyclic) bond motifs is 1. The van der Waals surface area contributed by atoms with Gasteiger partial charge in [-0.1, -0.05) is 6.07 Å². The van der Waals surface area contributed by atoms with Gasteiger partial charge in [0.05, 0.1) is 11.0 Å². The summed E-state index contributed by atoms with van der Waals surface area (Å²) in [6.45, 7) is 9.80. The monoisotopic (exact) mass is 610 g/mol. The van der Waals surface area contributed by atoms with E-state index in [2.05, 4.69) is 15.5 Å². The van der Waals surface area contributed by atoms with Crippen molar-refractivity contribution in [3.8, 4) is 0 Å². The summed E-state index contributed by atoms with van der Waals surface area (Å²) in [5.74, 6) is -0.0369. The number of nitrogens with zero attached hydrogens (tertiary/aromatic N) is 4. The highest BCUT2D eigenvalue weighted by molar-refractivity contribution is 6.00. The maximum absolute atomic E-state index is 13.1. The molecule has 2 N–H and O–H groups in total. The Bertz CT molecular complexity index is 1460. The van der Waals surface area contributed by atoms with Crippen LogP contribution in [0.5, 0.6) is 0 Å². The number of ether oxygens (including phenoxy) is 1. The van der Waals surface area contributed by atoms with E-state index in [1.165, 1.54) is 9.13 Å². The van der Waals surface area contributed by atoms with Gasteiger partial charge < -0.3 is 15.0 Å². The Kier molecular flexibility index (Phi) is 9.48. The normalized spacial score (nSPS) is 23.5. The van der Waals surface area contributed by atoms with Crippen LogP contribution in [0.25, 0.3) is 11.0 Å². The summed E-state index contributed by atoms with van der Waals surface area (Å²) in [6, 6.07) is 5.12. The predicted octanol–water partition coefficient (Wildman–Crippen LogP) is 2.48. The van der Waals surface area contributed by atoms with Crippen molar-refractivity contribution in [2.75, 3.05) is 32.7 Å². The number of hydrogen-bond acceptors (Lipinski definition) is 7. The highest BCUT2D eigenvalue weighted by atomic mass is 16.6. The molecule has 1 atom stereocenters. The number of aryl methyl sites for hydroxylation is 2. The van der Waals surface area contributed by atoms with Gasteiger partial charge in [0.2, 0.25) is 17.7 Å². The van der Waals surface area contributed by atoms with Crippen molar-refractivity contribution in [3.05, 3.63) is 34.2 Å². The summed E-state index contributed by atoms with van der Waals surface area (Å²) in [7, 11) is 1.67. The number of alkyl carbamates (subject to hydrolysis) is 1. The molecule has 1 unspecified atom stereocenters. The summed E-state index contributed by atoms with van der Waals surface area (Å²) in [6.07, 6.45) is 5.19. The van der Waals surface area contributed by atoms with Crippen LogP contribution in [0.15, 0.2) is 23.0 Å². The van der Waals surface area contributed by atoms with Gasteiger partial charge in [-0.3, -0.25) is 33.7 Å².